The van der Waals surface area contributed by atoms with Crippen LogP contribution >= 0.6 is 0 Å². The maximum Gasteiger partial charge on any atom is 0.0607 e. The Labute approximate surface area is 138 Å². The van der Waals surface area contributed by atoms with Crippen LogP contribution in [0, 0.1) is 0 Å². The predicted octanol–water partition coefficient (Wildman–Crippen LogP) is 4.41. The van der Waals surface area contributed by atoms with E-state index in [-0.39, 0.29) is 19.3 Å². The highest BCUT2D eigenvalue weighted by molar-refractivity contribution is 4.69. The summed E-state index contributed by atoms with van der Waals surface area (Å²) in [6, 6.07) is 0.222. The lowest BCUT2D eigenvalue weighted by Crippen LogP contribution is -2.41. The molecule has 3 nitrogen and oxygen atoms in total. The molecule has 0 amide bonds. The molecular formula is C19H41NO2. The number of hydrogen-bond donors (Lipinski definition) is 3. The first-order valence-corrected chi connectivity index (χ1v) is 9.72. The summed E-state index contributed by atoms with van der Waals surface area (Å²) < 4.78 is 0. The predicted molar refractivity (Wildman–Crippen MR) is 96.3 cm³/mol. The molecule has 22 heavy (non-hydrogen) atoms. The van der Waals surface area contributed by atoms with Crippen LogP contribution in [0.2, 0.25) is 0 Å². The molecule has 1 unspecified atom stereocenters. The van der Waals surface area contributed by atoms with Crippen LogP contribution in [-0.2, 0) is 0 Å². The van der Waals surface area contributed by atoms with E-state index >= 15 is 0 Å². The number of aliphatic hydroxyl groups is 2. The summed E-state index contributed by atoms with van der Waals surface area (Å²) in [4.78, 5) is 0. The fourth-order valence-corrected chi connectivity index (χ4v) is 2.94. The molecule has 0 saturated carbocycles. The molecule has 3 N–H and O–H groups in total. The van der Waals surface area contributed by atoms with E-state index in [4.69, 9.17) is 10.2 Å². The average molecular weight is 316 g/mol. The molecule has 0 radical (unpaired) electrons. The average Bonchev–Trinajstić information content (AvgIpc) is 2.53. The van der Waals surface area contributed by atoms with Gasteiger partial charge in [0.2, 0.25) is 0 Å². The van der Waals surface area contributed by atoms with Crippen molar-refractivity contribution in [2.45, 2.75) is 109 Å². The fourth-order valence-electron chi connectivity index (χ4n) is 2.94. The van der Waals surface area contributed by atoms with Gasteiger partial charge >= 0.3 is 0 Å². The lowest BCUT2D eigenvalue weighted by Gasteiger charge is -2.19. The van der Waals surface area contributed by atoms with Crippen molar-refractivity contribution in [2.75, 3.05) is 13.2 Å². The zero-order chi connectivity index (χ0) is 16.5. The van der Waals surface area contributed by atoms with Gasteiger partial charge in [-0.15, -0.1) is 0 Å². The van der Waals surface area contributed by atoms with Crippen LogP contribution in [0.15, 0.2) is 0 Å². The molecule has 0 aliphatic heterocycles. The van der Waals surface area contributed by atoms with Crippen LogP contribution in [0.5, 0.6) is 0 Å². The van der Waals surface area contributed by atoms with Gasteiger partial charge in [-0.05, 0) is 13.3 Å². The largest absolute Gasteiger partial charge is 0.395 e. The maximum absolute atomic E-state index is 9.03. The molecule has 0 heterocycles. The highest BCUT2D eigenvalue weighted by Gasteiger charge is 2.09. The van der Waals surface area contributed by atoms with Gasteiger partial charge in [-0.25, -0.2) is 0 Å². The first kappa shape index (κ1) is 21.9. The quantitative estimate of drug-likeness (QED) is 0.348. The summed E-state index contributed by atoms with van der Waals surface area (Å²) in [6.45, 7) is 4.43. The Hall–Kier alpha value is -0.120. The van der Waals surface area contributed by atoms with Crippen molar-refractivity contribution in [3.05, 3.63) is 0 Å². The normalized spacial score (nSPS) is 13.0. The van der Waals surface area contributed by atoms with Gasteiger partial charge in [0, 0.05) is 6.04 Å². The van der Waals surface area contributed by atoms with Gasteiger partial charge < -0.3 is 15.5 Å². The molecule has 0 aromatic heterocycles. The van der Waals surface area contributed by atoms with Gasteiger partial charge in [-0.1, -0.05) is 84.0 Å². The van der Waals surface area contributed by atoms with Crippen LogP contribution in [0.1, 0.15) is 97.3 Å². The van der Waals surface area contributed by atoms with E-state index in [2.05, 4.69) is 19.2 Å². The Morgan fingerprint density at radius 3 is 1.50 bits per heavy atom. The van der Waals surface area contributed by atoms with Gasteiger partial charge in [0.25, 0.3) is 0 Å². The van der Waals surface area contributed by atoms with E-state index in [1.807, 2.05) is 0 Å². The van der Waals surface area contributed by atoms with E-state index in [0.29, 0.717) is 6.04 Å². The minimum Gasteiger partial charge on any atom is -0.395 e. The SMILES string of the molecule is CCCCCCCCCCCCCCC(C)NC(CO)CO. The summed E-state index contributed by atoms with van der Waals surface area (Å²) >= 11 is 0. The third-order valence-electron chi connectivity index (χ3n) is 4.45. The van der Waals surface area contributed by atoms with Gasteiger partial charge in [0.15, 0.2) is 0 Å². The summed E-state index contributed by atoms with van der Waals surface area (Å²) in [7, 11) is 0. The Kier molecular flexibility index (Phi) is 17.1. The van der Waals surface area contributed by atoms with Crippen molar-refractivity contribution in [1.82, 2.24) is 5.32 Å². The van der Waals surface area contributed by atoms with Gasteiger partial charge in [0.1, 0.15) is 0 Å². The van der Waals surface area contributed by atoms with E-state index in [1.54, 1.807) is 0 Å². The lowest BCUT2D eigenvalue weighted by atomic mass is 10.0. The second-order valence-electron chi connectivity index (χ2n) is 6.81. The highest BCUT2D eigenvalue weighted by atomic mass is 16.3. The molecule has 1 atom stereocenters. The zero-order valence-corrected chi connectivity index (χ0v) is 15.2. The van der Waals surface area contributed by atoms with Crippen LogP contribution in [-0.4, -0.2) is 35.5 Å². The number of rotatable bonds is 17. The van der Waals surface area contributed by atoms with Gasteiger partial charge in [-0.2, -0.15) is 0 Å². The molecule has 0 aliphatic carbocycles. The molecule has 0 aromatic rings. The summed E-state index contributed by atoms with van der Waals surface area (Å²) in [5.41, 5.74) is 0. The Morgan fingerprint density at radius 1 is 0.682 bits per heavy atom. The standard InChI is InChI=1S/C19H41NO2/c1-3-4-5-6-7-8-9-10-11-12-13-14-15-18(2)20-19(16-21)17-22/h18-22H,3-17H2,1-2H3. The zero-order valence-electron chi connectivity index (χ0n) is 15.2. The van der Waals surface area contributed by atoms with Gasteiger partial charge in [-0.3, -0.25) is 0 Å². The van der Waals surface area contributed by atoms with Crippen LogP contribution in [0.4, 0.5) is 0 Å². The van der Waals surface area contributed by atoms with E-state index in [1.165, 1.54) is 77.0 Å². The minimum atomic E-state index is -0.160. The van der Waals surface area contributed by atoms with Crippen LogP contribution in [0.25, 0.3) is 0 Å². The van der Waals surface area contributed by atoms with Crippen LogP contribution < -0.4 is 5.32 Å². The molecule has 0 aliphatic rings. The summed E-state index contributed by atoms with van der Waals surface area (Å²) in [5, 5.41) is 21.3. The number of nitrogens with one attached hydrogen (secondary N) is 1. The maximum atomic E-state index is 9.03. The summed E-state index contributed by atoms with van der Waals surface area (Å²) in [5.74, 6) is 0. The number of hydrogen-bond acceptors (Lipinski definition) is 3. The van der Waals surface area contributed by atoms with Crippen molar-refractivity contribution in [3.8, 4) is 0 Å². The first-order chi connectivity index (χ1) is 10.7. The van der Waals surface area contributed by atoms with E-state index in [0.717, 1.165) is 6.42 Å². The molecule has 134 valence electrons. The van der Waals surface area contributed by atoms with Gasteiger partial charge in [0.05, 0.1) is 19.3 Å². The third-order valence-corrected chi connectivity index (χ3v) is 4.45. The number of unbranched alkanes of at least 4 members (excludes halogenated alkanes) is 11. The summed E-state index contributed by atoms with van der Waals surface area (Å²) in [6.07, 6.45) is 17.7. The molecule has 0 rings (SSSR count). The second-order valence-corrected chi connectivity index (χ2v) is 6.81. The fraction of sp³-hybridized carbons (Fsp3) is 1.00. The van der Waals surface area contributed by atoms with Crippen molar-refractivity contribution >= 4 is 0 Å². The van der Waals surface area contributed by atoms with E-state index in [9.17, 15) is 0 Å². The topological polar surface area (TPSA) is 52.5 Å². The minimum absolute atomic E-state index is 0.0132. The highest BCUT2D eigenvalue weighted by Crippen LogP contribution is 2.13. The third kappa shape index (κ3) is 14.8. The molecule has 0 fully saturated rings. The number of aliphatic hydroxyl groups excluding tert-OH is 2. The Balaban J connectivity index is 3.19. The Bertz CT molecular complexity index is 208. The monoisotopic (exact) mass is 315 g/mol. The van der Waals surface area contributed by atoms with Crippen molar-refractivity contribution in [3.63, 3.8) is 0 Å². The van der Waals surface area contributed by atoms with Crippen molar-refractivity contribution in [2.24, 2.45) is 0 Å². The molecule has 3 heteroatoms. The molecule has 0 saturated heterocycles. The smallest absolute Gasteiger partial charge is 0.0607 e. The lowest BCUT2D eigenvalue weighted by molar-refractivity contribution is 0.162. The molecule has 0 aromatic carbocycles. The van der Waals surface area contributed by atoms with Crippen molar-refractivity contribution in [1.29, 1.82) is 0 Å². The van der Waals surface area contributed by atoms with Crippen LogP contribution in [0.3, 0.4) is 0 Å². The first-order valence-electron chi connectivity index (χ1n) is 9.72. The second kappa shape index (κ2) is 17.2. The molecule has 0 bridgehead atoms. The Morgan fingerprint density at radius 2 is 1.09 bits per heavy atom. The van der Waals surface area contributed by atoms with Crippen molar-refractivity contribution < 1.29 is 10.2 Å². The van der Waals surface area contributed by atoms with E-state index < -0.39 is 0 Å². The molecular weight excluding hydrogens is 274 g/mol. The molecule has 0 spiro atoms.